The van der Waals surface area contributed by atoms with Crippen molar-refractivity contribution in [1.82, 2.24) is 0 Å². The molecule has 3 N–H and O–H groups in total. The highest BCUT2D eigenvalue weighted by Crippen LogP contribution is 2.23. The second-order valence-electron chi connectivity index (χ2n) is 4.16. The van der Waals surface area contributed by atoms with Crippen LogP contribution in [0, 0.1) is 17.7 Å². The highest BCUT2D eigenvalue weighted by molar-refractivity contribution is 6.34. The number of benzene rings is 2. The maximum atomic E-state index is 12.8. The van der Waals surface area contributed by atoms with Crippen LogP contribution in [0.3, 0.4) is 0 Å². The summed E-state index contributed by atoms with van der Waals surface area (Å²) in [6.07, 6.45) is 0. The van der Waals surface area contributed by atoms with Crippen LogP contribution >= 0.6 is 11.6 Å². The van der Waals surface area contributed by atoms with Crippen molar-refractivity contribution in [1.29, 1.82) is 0 Å². The number of carbonyl (C=O) groups excluding carboxylic acids is 1. The summed E-state index contributed by atoms with van der Waals surface area (Å²) in [5.74, 6) is 4.81. The van der Waals surface area contributed by atoms with Gasteiger partial charge in [-0.2, -0.15) is 0 Å². The van der Waals surface area contributed by atoms with Crippen LogP contribution in [-0.4, -0.2) is 12.5 Å². The van der Waals surface area contributed by atoms with Crippen LogP contribution in [0.25, 0.3) is 0 Å². The van der Waals surface area contributed by atoms with Gasteiger partial charge in [-0.25, -0.2) is 4.39 Å². The van der Waals surface area contributed by atoms with E-state index in [4.69, 9.17) is 17.3 Å². The van der Waals surface area contributed by atoms with E-state index in [-0.39, 0.29) is 12.5 Å². The Morgan fingerprint density at radius 1 is 1.24 bits per heavy atom. The van der Waals surface area contributed by atoms with Gasteiger partial charge in [0, 0.05) is 11.1 Å². The van der Waals surface area contributed by atoms with Gasteiger partial charge in [-0.3, -0.25) is 4.79 Å². The number of nitrogens with two attached hydrogens (primary N) is 1. The fourth-order valence-corrected chi connectivity index (χ4v) is 1.81. The van der Waals surface area contributed by atoms with Crippen LogP contribution in [0.4, 0.5) is 10.1 Å². The average molecular weight is 303 g/mol. The van der Waals surface area contributed by atoms with E-state index in [0.717, 1.165) is 0 Å². The van der Waals surface area contributed by atoms with Gasteiger partial charge in [-0.15, -0.1) is 0 Å². The zero-order valence-corrected chi connectivity index (χ0v) is 11.7. The lowest BCUT2D eigenvalue weighted by Crippen LogP contribution is -2.12. The largest absolute Gasteiger partial charge is 0.321 e. The van der Waals surface area contributed by atoms with Crippen molar-refractivity contribution in [3.05, 3.63) is 64.4 Å². The smallest absolute Gasteiger partial charge is 0.255 e. The SMILES string of the molecule is NCC#Cc1ccc(Cl)c(NC(=O)c2ccc(F)cc2)c1. The number of halogens is 2. The molecular formula is C16H12ClFN2O. The van der Waals surface area contributed by atoms with Crippen LogP contribution in [-0.2, 0) is 0 Å². The molecule has 0 heterocycles. The van der Waals surface area contributed by atoms with Crippen molar-refractivity contribution < 1.29 is 9.18 Å². The monoisotopic (exact) mass is 302 g/mol. The number of anilines is 1. The molecule has 1 amide bonds. The van der Waals surface area contributed by atoms with Gasteiger partial charge in [0.1, 0.15) is 5.82 Å². The zero-order chi connectivity index (χ0) is 15.2. The molecule has 0 aliphatic heterocycles. The maximum absolute atomic E-state index is 12.8. The lowest BCUT2D eigenvalue weighted by Gasteiger charge is -2.08. The van der Waals surface area contributed by atoms with Crippen LogP contribution < -0.4 is 11.1 Å². The van der Waals surface area contributed by atoms with E-state index in [2.05, 4.69) is 17.2 Å². The van der Waals surface area contributed by atoms with Crippen LogP contribution in [0.5, 0.6) is 0 Å². The van der Waals surface area contributed by atoms with Crippen molar-refractivity contribution in [3.63, 3.8) is 0 Å². The molecular weight excluding hydrogens is 291 g/mol. The van der Waals surface area contributed by atoms with Gasteiger partial charge in [0.25, 0.3) is 5.91 Å². The van der Waals surface area contributed by atoms with Crippen molar-refractivity contribution >= 4 is 23.2 Å². The van der Waals surface area contributed by atoms with E-state index in [1.54, 1.807) is 18.2 Å². The Hall–Kier alpha value is -2.35. The summed E-state index contributed by atoms with van der Waals surface area (Å²) in [4.78, 5) is 12.1. The van der Waals surface area contributed by atoms with E-state index >= 15 is 0 Å². The fourth-order valence-electron chi connectivity index (χ4n) is 1.65. The molecule has 2 aromatic rings. The van der Waals surface area contributed by atoms with E-state index in [1.807, 2.05) is 0 Å². The third-order valence-electron chi connectivity index (χ3n) is 2.66. The Bertz CT molecular complexity index is 717. The Morgan fingerprint density at radius 3 is 2.62 bits per heavy atom. The average Bonchev–Trinajstić information content (AvgIpc) is 2.48. The summed E-state index contributed by atoms with van der Waals surface area (Å²) >= 11 is 6.04. The number of carbonyl (C=O) groups is 1. The molecule has 0 aliphatic carbocycles. The first-order valence-corrected chi connectivity index (χ1v) is 6.53. The molecule has 106 valence electrons. The Morgan fingerprint density at radius 2 is 1.95 bits per heavy atom. The molecule has 3 nitrogen and oxygen atoms in total. The first-order chi connectivity index (χ1) is 10.1. The van der Waals surface area contributed by atoms with Gasteiger partial charge < -0.3 is 11.1 Å². The molecule has 5 heteroatoms. The molecule has 0 radical (unpaired) electrons. The molecule has 0 fully saturated rings. The lowest BCUT2D eigenvalue weighted by molar-refractivity contribution is 0.102. The minimum Gasteiger partial charge on any atom is -0.321 e. The van der Waals surface area contributed by atoms with Crippen LogP contribution in [0.15, 0.2) is 42.5 Å². The summed E-state index contributed by atoms with van der Waals surface area (Å²) in [7, 11) is 0. The minimum atomic E-state index is -0.399. The normalized spacial score (nSPS) is 9.67. The third kappa shape index (κ3) is 4.06. The van der Waals surface area contributed by atoms with Crippen LogP contribution in [0.1, 0.15) is 15.9 Å². The number of hydrogen-bond acceptors (Lipinski definition) is 2. The number of rotatable bonds is 2. The molecule has 2 rings (SSSR count). The summed E-state index contributed by atoms with van der Waals surface area (Å²) in [6, 6.07) is 10.3. The summed E-state index contributed by atoms with van der Waals surface area (Å²) in [6.45, 7) is 0.250. The fraction of sp³-hybridized carbons (Fsp3) is 0.0625. The molecule has 2 aromatic carbocycles. The number of amides is 1. The predicted octanol–water partition coefficient (Wildman–Crippen LogP) is 3.04. The topological polar surface area (TPSA) is 55.1 Å². The first-order valence-electron chi connectivity index (χ1n) is 6.15. The molecule has 0 bridgehead atoms. The Balaban J connectivity index is 2.22. The van der Waals surface area contributed by atoms with E-state index in [9.17, 15) is 9.18 Å². The third-order valence-corrected chi connectivity index (χ3v) is 2.99. The second kappa shape index (κ2) is 6.89. The summed E-state index contributed by atoms with van der Waals surface area (Å²) < 4.78 is 12.8. The predicted molar refractivity (Wildman–Crippen MR) is 81.7 cm³/mol. The van der Waals surface area contributed by atoms with Gasteiger partial charge >= 0.3 is 0 Å². The van der Waals surface area contributed by atoms with Crippen molar-refractivity contribution in [2.75, 3.05) is 11.9 Å². The van der Waals surface area contributed by atoms with Gasteiger partial charge in [0.2, 0.25) is 0 Å². The first kappa shape index (κ1) is 15.0. The lowest BCUT2D eigenvalue weighted by atomic mass is 10.1. The molecule has 21 heavy (non-hydrogen) atoms. The van der Waals surface area contributed by atoms with Gasteiger partial charge in [-0.05, 0) is 42.5 Å². The van der Waals surface area contributed by atoms with E-state index in [1.165, 1.54) is 24.3 Å². The minimum absolute atomic E-state index is 0.250. The van der Waals surface area contributed by atoms with Gasteiger partial charge in [0.05, 0.1) is 17.3 Å². The second-order valence-corrected chi connectivity index (χ2v) is 4.57. The standard InChI is InChI=1S/C16H12ClFN2O/c17-14-8-3-11(2-1-9-19)10-15(14)20-16(21)12-4-6-13(18)7-5-12/h3-8,10H,9,19H2,(H,20,21). The van der Waals surface area contributed by atoms with Crippen molar-refractivity contribution in [3.8, 4) is 11.8 Å². The summed E-state index contributed by atoms with van der Waals surface area (Å²) in [5, 5.41) is 3.06. The maximum Gasteiger partial charge on any atom is 0.255 e. The molecule has 0 spiro atoms. The van der Waals surface area contributed by atoms with E-state index in [0.29, 0.717) is 21.8 Å². The number of nitrogens with one attached hydrogen (secondary N) is 1. The molecule has 0 saturated carbocycles. The quantitative estimate of drug-likeness (QED) is 0.838. The highest BCUT2D eigenvalue weighted by Gasteiger charge is 2.09. The summed E-state index contributed by atoms with van der Waals surface area (Å²) in [5.41, 5.74) is 6.79. The molecule has 0 aliphatic rings. The van der Waals surface area contributed by atoms with E-state index < -0.39 is 5.82 Å². The van der Waals surface area contributed by atoms with Crippen molar-refractivity contribution in [2.45, 2.75) is 0 Å². The Kier molecular flexibility index (Phi) is 4.94. The van der Waals surface area contributed by atoms with Gasteiger partial charge in [-0.1, -0.05) is 23.4 Å². The molecule has 0 aromatic heterocycles. The highest BCUT2D eigenvalue weighted by atomic mass is 35.5. The number of hydrogen-bond donors (Lipinski definition) is 2. The van der Waals surface area contributed by atoms with Gasteiger partial charge in [0.15, 0.2) is 0 Å². The molecule has 0 atom stereocenters. The Labute approximate surface area is 126 Å². The molecule has 0 saturated heterocycles. The zero-order valence-electron chi connectivity index (χ0n) is 11.0. The van der Waals surface area contributed by atoms with Crippen LogP contribution in [0.2, 0.25) is 5.02 Å². The van der Waals surface area contributed by atoms with Crippen molar-refractivity contribution in [2.24, 2.45) is 5.73 Å². The molecule has 0 unspecified atom stereocenters.